The van der Waals surface area contributed by atoms with Gasteiger partial charge in [-0.25, -0.2) is 29.9 Å². The summed E-state index contributed by atoms with van der Waals surface area (Å²) in [6.45, 7) is 4.62. The molecular formula is C101H64N6S. The summed E-state index contributed by atoms with van der Waals surface area (Å²) in [5.41, 5.74) is 15.5. The molecule has 1 aliphatic carbocycles. The highest BCUT2D eigenvalue weighted by Gasteiger charge is 2.36. The molecule has 0 saturated carbocycles. The van der Waals surface area contributed by atoms with Crippen LogP contribution in [-0.4, -0.2) is 29.9 Å². The number of benzene rings is 18. The smallest absolute Gasteiger partial charge is 0.165 e. The van der Waals surface area contributed by atoms with Gasteiger partial charge >= 0.3 is 0 Å². The Morgan fingerprint density at radius 2 is 0.630 bits per heavy atom. The number of aromatic nitrogens is 6. The van der Waals surface area contributed by atoms with E-state index in [-0.39, 0.29) is 5.41 Å². The molecule has 1 aliphatic rings. The molecule has 7 heteroatoms. The highest BCUT2D eigenvalue weighted by molar-refractivity contribution is 7.26. The van der Waals surface area contributed by atoms with Crippen LogP contribution in [0.5, 0.6) is 0 Å². The summed E-state index contributed by atoms with van der Waals surface area (Å²) in [6, 6.07) is 126. The first kappa shape index (κ1) is 62.8. The van der Waals surface area contributed by atoms with Gasteiger partial charge in [0.05, 0.1) is 0 Å². The molecule has 21 aromatic rings. The molecule has 0 bridgehead atoms. The van der Waals surface area contributed by atoms with Crippen LogP contribution in [0.25, 0.3) is 208 Å². The Labute approximate surface area is 627 Å². The third-order valence-electron chi connectivity index (χ3n) is 22.2. The van der Waals surface area contributed by atoms with Gasteiger partial charge in [0.1, 0.15) is 0 Å². The van der Waals surface area contributed by atoms with Crippen molar-refractivity contribution >= 4 is 118 Å². The van der Waals surface area contributed by atoms with E-state index in [1.807, 2.05) is 36.4 Å². The predicted octanol–water partition coefficient (Wildman–Crippen LogP) is 27.0. The SMILES string of the molecule is CC1(C)c2ccccc2-c2ccc(-c3nc(-c4ccccc4)nc(-c4cccc(-c5cc6c(ccc7ccc8ccccc8c76)c6ccccc56)c4)n3)cc21.c1ccc(-c2nc(-c3cccc(-c4cc5ccccc5c5c4ccc4c6ccccc6ccc45)c3)nc(-c3cccc4c3sc3ccccc34)n2)cc1. The maximum Gasteiger partial charge on any atom is 0.165 e. The Morgan fingerprint density at radius 3 is 1.33 bits per heavy atom. The van der Waals surface area contributed by atoms with E-state index in [1.54, 1.807) is 11.3 Å². The first-order valence-corrected chi connectivity index (χ1v) is 37.6. The molecule has 3 heterocycles. The largest absolute Gasteiger partial charge is 0.208 e. The van der Waals surface area contributed by atoms with Gasteiger partial charge in [0.15, 0.2) is 34.9 Å². The zero-order valence-corrected chi connectivity index (χ0v) is 59.9. The molecule has 3 aromatic heterocycles. The molecule has 0 unspecified atom stereocenters. The summed E-state index contributed by atoms with van der Waals surface area (Å²) >= 11 is 1.79. The van der Waals surface area contributed by atoms with Crippen LogP contribution in [-0.2, 0) is 5.41 Å². The van der Waals surface area contributed by atoms with Crippen molar-refractivity contribution in [1.82, 2.24) is 29.9 Å². The minimum atomic E-state index is -0.130. The van der Waals surface area contributed by atoms with Crippen LogP contribution in [0.4, 0.5) is 0 Å². The topological polar surface area (TPSA) is 77.3 Å². The fourth-order valence-electron chi connectivity index (χ4n) is 17.0. The van der Waals surface area contributed by atoms with E-state index in [4.69, 9.17) is 29.9 Å². The van der Waals surface area contributed by atoms with E-state index in [9.17, 15) is 0 Å². The normalized spacial score (nSPS) is 12.4. The molecule has 0 spiro atoms. The Hall–Kier alpha value is -13.7. The lowest BCUT2D eigenvalue weighted by Gasteiger charge is -2.21. The summed E-state index contributed by atoms with van der Waals surface area (Å²) in [7, 11) is 0. The van der Waals surface area contributed by atoms with Crippen LogP contribution in [0.15, 0.2) is 352 Å². The Balaban J connectivity index is 0.000000138. The molecule has 6 nitrogen and oxygen atoms in total. The monoisotopic (exact) mass is 1390 g/mol. The second-order valence-electron chi connectivity index (χ2n) is 28.7. The number of hydrogen-bond acceptors (Lipinski definition) is 7. The zero-order chi connectivity index (χ0) is 71.6. The Kier molecular flexibility index (Phi) is 14.7. The molecule has 18 aromatic carbocycles. The third-order valence-corrected chi connectivity index (χ3v) is 23.4. The van der Waals surface area contributed by atoms with Crippen LogP contribution < -0.4 is 0 Å². The molecule has 0 atom stereocenters. The fraction of sp³-hybridized carbons (Fsp3) is 0.0297. The predicted molar refractivity (Wildman–Crippen MR) is 454 cm³/mol. The van der Waals surface area contributed by atoms with Crippen molar-refractivity contribution in [2.75, 3.05) is 0 Å². The molecule has 0 radical (unpaired) electrons. The van der Waals surface area contributed by atoms with Gasteiger partial charge in [-0.2, -0.15) is 0 Å². The van der Waals surface area contributed by atoms with Gasteiger partial charge in [0, 0.05) is 59.0 Å². The van der Waals surface area contributed by atoms with Gasteiger partial charge < -0.3 is 0 Å². The maximum atomic E-state index is 5.22. The van der Waals surface area contributed by atoms with E-state index in [2.05, 4.69) is 329 Å². The standard InChI is InChI=1S/C52H35N3.C49H29N3S/c1-52(2)46-22-11-10-21-42(46)43-28-26-37(30-47(43)52)51-54-49(34-14-4-3-5-15-34)53-50(55-51)36-17-12-16-35(29-36)44-31-45-41(39-19-8-9-20-40(39)44)27-25-33-24-23-32-13-6-7-18-38(32)48(33)45;1-2-13-31(14-3-1)47-50-48(52-49(51-47)42-22-11-21-41-38-20-8-9-23-44(38)53-46(41)42)34-17-10-16-32(28-34)43-29-33-15-5-7-19-36(33)45-39-25-24-30-12-4-6-18-35(30)37(39)26-27-40(43)45/h3-31H,1-2H3;1-29H. The van der Waals surface area contributed by atoms with Crippen molar-refractivity contribution in [2.24, 2.45) is 0 Å². The van der Waals surface area contributed by atoms with Crippen molar-refractivity contribution in [2.45, 2.75) is 19.3 Å². The first-order chi connectivity index (χ1) is 53.3. The lowest BCUT2D eigenvalue weighted by Crippen LogP contribution is -2.15. The highest BCUT2D eigenvalue weighted by atomic mass is 32.1. The van der Waals surface area contributed by atoms with Crippen LogP contribution >= 0.6 is 11.3 Å². The van der Waals surface area contributed by atoms with Crippen molar-refractivity contribution in [3.63, 3.8) is 0 Å². The second kappa shape index (κ2) is 25.3. The van der Waals surface area contributed by atoms with Crippen LogP contribution in [0.3, 0.4) is 0 Å². The van der Waals surface area contributed by atoms with Gasteiger partial charge in [0.2, 0.25) is 0 Å². The second-order valence-corrected chi connectivity index (χ2v) is 29.8. The van der Waals surface area contributed by atoms with E-state index >= 15 is 0 Å². The van der Waals surface area contributed by atoms with Gasteiger partial charge in [-0.15, -0.1) is 11.3 Å². The molecule has 504 valence electrons. The van der Waals surface area contributed by atoms with Crippen LogP contribution in [0, 0.1) is 0 Å². The van der Waals surface area contributed by atoms with E-state index in [1.165, 1.54) is 140 Å². The first-order valence-electron chi connectivity index (χ1n) is 36.8. The van der Waals surface area contributed by atoms with Gasteiger partial charge in [-0.1, -0.05) is 323 Å². The van der Waals surface area contributed by atoms with Crippen molar-refractivity contribution in [1.29, 1.82) is 0 Å². The summed E-state index contributed by atoms with van der Waals surface area (Å²) < 4.78 is 2.44. The maximum absolute atomic E-state index is 5.22. The van der Waals surface area contributed by atoms with Crippen LogP contribution in [0.2, 0.25) is 0 Å². The lowest BCUT2D eigenvalue weighted by atomic mass is 9.82. The number of rotatable bonds is 8. The molecule has 0 amide bonds. The fourth-order valence-corrected chi connectivity index (χ4v) is 18.2. The molecule has 108 heavy (non-hydrogen) atoms. The Bertz CT molecular complexity index is 7290. The average molecular weight is 1390 g/mol. The molecule has 0 saturated heterocycles. The number of fused-ring (bicyclic) bond motifs is 20. The van der Waals surface area contributed by atoms with Crippen molar-refractivity contribution in [3.8, 4) is 102 Å². The lowest BCUT2D eigenvalue weighted by molar-refractivity contribution is 0.660. The van der Waals surface area contributed by atoms with Gasteiger partial charge in [-0.3, -0.25) is 0 Å². The van der Waals surface area contributed by atoms with Gasteiger partial charge in [-0.05, 0) is 173 Å². The summed E-state index contributed by atoms with van der Waals surface area (Å²) in [5.74, 6) is 3.95. The minimum absolute atomic E-state index is 0.130. The minimum Gasteiger partial charge on any atom is -0.208 e. The molecule has 0 fully saturated rings. The average Bonchev–Trinajstić information content (AvgIpc) is 1.33. The van der Waals surface area contributed by atoms with E-state index < -0.39 is 0 Å². The summed E-state index contributed by atoms with van der Waals surface area (Å²) in [6.07, 6.45) is 0. The van der Waals surface area contributed by atoms with Crippen molar-refractivity contribution < 1.29 is 0 Å². The Morgan fingerprint density at radius 1 is 0.204 bits per heavy atom. The number of thiophene rings is 1. The van der Waals surface area contributed by atoms with Crippen molar-refractivity contribution in [3.05, 3.63) is 363 Å². The number of nitrogens with zero attached hydrogens (tertiary/aromatic N) is 6. The van der Waals surface area contributed by atoms with Crippen LogP contribution in [0.1, 0.15) is 25.0 Å². The number of hydrogen-bond donors (Lipinski definition) is 0. The van der Waals surface area contributed by atoms with Gasteiger partial charge in [0.25, 0.3) is 0 Å². The third kappa shape index (κ3) is 10.4. The summed E-state index contributed by atoms with van der Waals surface area (Å²) in [4.78, 5) is 30.9. The molecule has 22 rings (SSSR count). The molecule has 0 N–H and O–H groups in total. The zero-order valence-electron chi connectivity index (χ0n) is 59.1. The van der Waals surface area contributed by atoms with E-state index in [0.717, 1.165) is 44.5 Å². The highest BCUT2D eigenvalue weighted by Crippen LogP contribution is 2.51. The molecule has 0 aliphatic heterocycles. The van der Waals surface area contributed by atoms with E-state index in [0.29, 0.717) is 34.9 Å². The molecular weight excluding hydrogens is 1330 g/mol. The summed E-state index contributed by atoms with van der Waals surface area (Å²) in [5, 5.41) is 22.5. The quantitative estimate of drug-likeness (QED) is 0.141.